The summed E-state index contributed by atoms with van der Waals surface area (Å²) in [5, 5.41) is 16.6. The maximum atomic E-state index is 10.9. The lowest BCUT2D eigenvalue weighted by Gasteiger charge is -2.15. The fraction of sp³-hybridized carbons (Fsp3) is 0.286. The van der Waals surface area contributed by atoms with Crippen molar-refractivity contribution in [2.45, 2.75) is 19.4 Å². The summed E-state index contributed by atoms with van der Waals surface area (Å²) in [7, 11) is 0. The molecule has 0 aromatic heterocycles. The van der Waals surface area contributed by atoms with Crippen LogP contribution in [0.5, 0.6) is 0 Å². The summed E-state index contributed by atoms with van der Waals surface area (Å²) >= 11 is 0. The average Bonchev–Trinajstić information content (AvgIpc) is 2.35. The van der Waals surface area contributed by atoms with E-state index in [1.54, 1.807) is 0 Å². The molecule has 0 heterocycles. The van der Waals surface area contributed by atoms with Crippen LogP contribution in [0.1, 0.15) is 13.3 Å². The van der Waals surface area contributed by atoms with Gasteiger partial charge in [-0.1, -0.05) is 37.3 Å². The van der Waals surface area contributed by atoms with Crippen LogP contribution in [0.2, 0.25) is 0 Å². The fourth-order valence-electron chi connectivity index (χ4n) is 1.78. The molecule has 0 aliphatic rings. The van der Waals surface area contributed by atoms with Gasteiger partial charge in [-0.25, -0.2) is 5.11 Å². The first-order valence-electron chi connectivity index (χ1n) is 5.67. The van der Waals surface area contributed by atoms with Gasteiger partial charge in [0.1, 0.15) is 6.61 Å². The first-order chi connectivity index (χ1) is 7.83. The molecule has 2 nitrogen and oxygen atoms in total. The summed E-state index contributed by atoms with van der Waals surface area (Å²) in [6.45, 7) is 1.94. The van der Waals surface area contributed by atoms with E-state index in [1.807, 2.05) is 25.1 Å². The highest BCUT2D eigenvalue weighted by atomic mass is 16.3. The van der Waals surface area contributed by atoms with Crippen molar-refractivity contribution in [2.75, 3.05) is 11.9 Å². The normalized spacial score (nSPS) is 12.6. The summed E-state index contributed by atoms with van der Waals surface area (Å²) in [5.74, 6) is 0. The van der Waals surface area contributed by atoms with Gasteiger partial charge in [-0.3, -0.25) is 0 Å². The molecule has 1 N–H and O–H groups in total. The summed E-state index contributed by atoms with van der Waals surface area (Å²) in [6.07, 6.45) is 0.857. The molecule has 2 aromatic rings. The van der Waals surface area contributed by atoms with E-state index >= 15 is 0 Å². The van der Waals surface area contributed by atoms with Crippen LogP contribution >= 0.6 is 0 Å². The van der Waals surface area contributed by atoms with Crippen molar-refractivity contribution in [3.8, 4) is 0 Å². The second kappa shape index (κ2) is 4.99. The molecule has 2 heteroatoms. The van der Waals surface area contributed by atoms with Gasteiger partial charge in [0.2, 0.25) is 0 Å². The zero-order valence-corrected chi connectivity index (χ0v) is 9.44. The third-order valence-electron chi connectivity index (χ3n) is 2.81. The lowest BCUT2D eigenvalue weighted by molar-refractivity contribution is 0.177. The van der Waals surface area contributed by atoms with Crippen molar-refractivity contribution in [2.24, 2.45) is 0 Å². The van der Waals surface area contributed by atoms with E-state index in [1.165, 1.54) is 10.8 Å². The Kier molecular flexibility index (Phi) is 3.42. The third-order valence-corrected chi connectivity index (χ3v) is 2.81. The molecule has 0 aliphatic carbocycles. The molecule has 2 rings (SSSR count). The first-order valence-corrected chi connectivity index (χ1v) is 5.67. The second-order valence-corrected chi connectivity index (χ2v) is 3.98. The molecule has 83 valence electrons. The van der Waals surface area contributed by atoms with Gasteiger partial charge >= 0.3 is 0 Å². The quantitative estimate of drug-likeness (QED) is 0.830. The van der Waals surface area contributed by atoms with Crippen molar-refractivity contribution in [1.29, 1.82) is 0 Å². The molecule has 0 aliphatic heterocycles. The molecule has 0 saturated heterocycles. The highest BCUT2D eigenvalue weighted by Gasteiger charge is 2.04. The Morgan fingerprint density at radius 1 is 1.12 bits per heavy atom. The lowest BCUT2D eigenvalue weighted by Crippen LogP contribution is -2.21. The van der Waals surface area contributed by atoms with Gasteiger partial charge in [0.05, 0.1) is 6.04 Å². The van der Waals surface area contributed by atoms with Gasteiger partial charge in [0.25, 0.3) is 0 Å². The Morgan fingerprint density at radius 2 is 1.88 bits per heavy atom. The molecule has 1 unspecified atom stereocenters. The summed E-state index contributed by atoms with van der Waals surface area (Å²) in [5.41, 5.74) is 1.03. The highest BCUT2D eigenvalue weighted by molar-refractivity contribution is 5.85. The van der Waals surface area contributed by atoms with Gasteiger partial charge in [-0.05, 0) is 29.3 Å². The van der Waals surface area contributed by atoms with E-state index in [4.69, 9.17) is 0 Å². The minimum Gasteiger partial charge on any atom is -0.380 e. The predicted octanol–water partition coefficient (Wildman–Crippen LogP) is 3.46. The van der Waals surface area contributed by atoms with Crippen molar-refractivity contribution < 1.29 is 5.11 Å². The Bertz CT molecular complexity index is 463. The molecule has 1 atom stereocenters. The van der Waals surface area contributed by atoms with E-state index in [0.29, 0.717) is 0 Å². The van der Waals surface area contributed by atoms with Gasteiger partial charge in [0.15, 0.2) is 0 Å². The maximum Gasteiger partial charge on any atom is 0.102 e. The van der Waals surface area contributed by atoms with Gasteiger partial charge in [-0.15, -0.1) is 0 Å². The van der Waals surface area contributed by atoms with Crippen LogP contribution in [-0.2, 0) is 5.11 Å². The van der Waals surface area contributed by atoms with E-state index in [2.05, 4.69) is 29.6 Å². The molecule has 1 radical (unpaired) electrons. The molecule has 0 amide bonds. The zero-order chi connectivity index (χ0) is 11.4. The topological polar surface area (TPSA) is 31.9 Å². The van der Waals surface area contributed by atoms with Crippen LogP contribution in [0.3, 0.4) is 0 Å². The third kappa shape index (κ3) is 2.34. The maximum absolute atomic E-state index is 10.9. The second-order valence-electron chi connectivity index (χ2n) is 3.98. The Hall–Kier alpha value is -1.54. The number of anilines is 1. The van der Waals surface area contributed by atoms with Crippen molar-refractivity contribution >= 4 is 16.5 Å². The highest BCUT2D eigenvalue weighted by Crippen LogP contribution is 2.19. The number of nitrogens with one attached hydrogen (secondary N) is 1. The van der Waals surface area contributed by atoms with Crippen LogP contribution in [0, 0.1) is 0 Å². The smallest absolute Gasteiger partial charge is 0.102 e. The molecule has 2 aromatic carbocycles. The molecule has 0 spiro atoms. The Balaban J connectivity index is 2.25. The summed E-state index contributed by atoms with van der Waals surface area (Å²) in [4.78, 5) is 0. The summed E-state index contributed by atoms with van der Waals surface area (Å²) in [6, 6.07) is 14.5. The van der Waals surface area contributed by atoms with Gasteiger partial charge < -0.3 is 5.32 Å². The molecule has 0 fully saturated rings. The number of hydrogen-bond donors (Lipinski definition) is 1. The lowest BCUT2D eigenvalue weighted by atomic mass is 10.1. The van der Waals surface area contributed by atoms with Crippen LogP contribution < -0.4 is 5.32 Å². The number of hydrogen-bond acceptors (Lipinski definition) is 1. The van der Waals surface area contributed by atoms with E-state index in [0.717, 1.165) is 12.1 Å². The fourth-order valence-corrected chi connectivity index (χ4v) is 1.78. The minimum atomic E-state index is -0.0800. The van der Waals surface area contributed by atoms with Crippen LogP contribution in [0.4, 0.5) is 5.69 Å². The largest absolute Gasteiger partial charge is 0.380 e. The monoisotopic (exact) mass is 214 g/mol. The van der Waals surface area contributed by atoms with Crippen LogP contribution in [0.15, 0.2) is 42.5 Å². The standard InChI is InChI=1S/C14H16NO/c1-2-13(10-16)15-14-8-7-11-5-3-4-6-12(11)9-14/h3-9,13,15H,2,10H2,1H3. The van der Waals surface area contributed by atoms with Gasteiger partial charge in [-0.2, -0.15) is 0 Å². The van der Waals surface area contributed by atoms with E-state index in [9.17, 15) is 5.11 Å². The Morgan fingerprint density at radius 3 is 2.56 bits per heavy atom. The van der Waals surface area contributed by atoms with Crippen molar-refractivity contribution in [3.05, 3.63) is 42.5 Å². The average molecular weight is 214 g/mol. The molecule has 0 bridgehead atoms. The van der Waals surface area contributed by atoms with Crippen molar-refractivity contribution in [1.82, 2.24) is 0 Å². The summed E-state index contributed by atoms with van der Waals surface area (Å²) < 4.78 is 0. The van der Waals surface area contributed by atoms with Gasteiger partial charge in [0, 0.05) is 5.69 Å². The van der Waals surface area contributed by atoms with E-state index < -0.39 is 0 Å². The molecule has 16 heavy (non-hydrogen) atoms. The number of benzene rings is 2. The molecule has 0 saturated carbocycles. The Labute approximate surface area is 95.9 Å². The number of rotatable bonds is 4. The first kappa shape index (κ1) is 11.0. The number of fused-ring (bicyclic) bond motifs is 1. The predicted molar refractivity (Wildman–Crippen MR) is 67.2 cm³/mol. The van der Waals surface area contributed by atoms with E-state index in [-0.39, 0.29) is 12.6 Å². The molecular formula is C14H16NO. The van der Waals surface area contributed by atoms with Crippen LogP contribution in [0.25, 0.3) is 10.8 Å². The SMILES string of the molecule is CCC(C[O])Nc1ccc2ccccc2c1. The minimum absolute atomic E-state index is 0.0289. The van der Waals surface area contributed by atoms with Crippen LogP contribution in [-0.4, -0.2) is 12.6 Å². The van der Waals surface area contributed by atoms with Crippen molar-refractivity contribution in [3.63, 3.8) is 0 Å². The molecular weight excluding hydrogens is 198 g/mol. The zero-order valence-electron chi connectivity index (χ0n) is 9.44.